The summed E-state index contributed by atoms with van der Waals surface area (Å²) in [6, 6.07) is 3.41. The van der Waals surface area contributed by atoms with Crippen LogP contribution in [0.2, 0.25) is 0 Å². The van der Waals surface area contributed by atoms with Gasteiger partial charge in [0, 0.05) is 23.6 Å². The molecule has 0 spiro atoms. The molecule has 0 aliphatic rings. The first-order valence-electron chi connectivity index (χ1n) is 5.00. The standard InChI is InChI=1S/C12H11BrF3NO/c1-3-6-17(2)11(18)8-4-5-10(13)9(7-8)12(14,15)16/h3-5,7H,1,6H2,2H3. The Morgan fingerprint density at radius 3 is 2.61 bits per heavy atom. The van der Waals surface area contributed by atoms with Crippen molar-refractivity contribution in [2.45, 2.75) is 6.18 Å². The van der Waals surface area contributed by atoms with Crippen LogP contribution in [0.25, 0.3) is 0 Å². The summed E-state index contributed by atoms with van der Waals surface area (Å²) in [6.45, 7) is 3.74. The fraction of sp³-hybridized carbons (Fsp3) is 0.250. The van der Waals surface area contributed by atoms with Gasteiger partial charge in [0.05, 0.1) is 5.56 Å². The van der Waals surface area contributed by atoms with Gasteiger partial charge in [-0.2, -0.15) is 13.2 Å². The van der Waals surface area contributed by atoms with Gasteiger partial charge in [0.15, 0.2) is 0 Å². The molecule has 18 heavy (non-hydrogen) atoms. The topological polar surface area (TPSA) is 20.3 Å². The van der Waals surface area contributed by atoms with Crippen LogP contribution < -0.4 is 0 Å². The third kappa shape index (κ3) is 3.35. The third-order valence-electron chi connectivity index (χ3n) is 2.27. The molecule has 0 fully saturated rings. The molecule has 0 aromatic heterocycles. The van der Waals surface area contributed by atoms with E-state index < -0.39 is 17.6 Å². The number of alkyl halides is 3. The number of rotatable bonds is 3. The van der Waals surface area contributed by atoms with Gasteiger partial charge in [-0.1, -0.05) is 22.0 Å². The van der Waals surface area contributed by atoms with Crippen molar-refractivity contribution < 1.29 is 18.0 Å². The number of benzene rings is 1. The maximum absolute atomic E-state index is 12.7. The summed E-state index contributed by atoms with van der Waals surface area (Å²) in [5, 5.41) is 0. The molecule has 1 rings (SSSR count). The van der Waals surface area contributed by atoms with Crippen LogP contribution in [-0.2, 0) is 6.18 Å². The van der Waals surface area contributed by atoms with Gasteiger partial charge in [0.2, 0.25) is 0 Å². The molecule has 0 unspecified atom stereocenters. The summed E-state index contributed by atoms with van der Waals surface area (Å²) in [5.74, 6) is -0.479. The summed E-state index contributed by atoms with van der Waals surface area (Å²) in [7, 11) is 1.50. The van der Waals surface area contributed by atoms with Gasteiger partial charge in [0.25, 0.3) is 5.91 Å². The fourth-order valence-corrected chi connectivity index (χ4v) is 1.84. The SMILES string of the molecule is C=CCN(C)C(=O)c1ccc(Br)c(C(F)(F)F)c1. The number of hydrogen-bond donors (Lipinski definition) is 0. The Balaban J connectivity index is 3.13. The van der Waals surface area contributed by atoms with Gasteiger partial charge in [-0.15, -0.1) is 6.58 Å². The van der Waals surface area contributed by atoms with Gasteiger partial charge >= 0.3 is 6.18 Å². The van der Waals surface area contributed by atoms with Crippen LogP contribution in [0.4, 0.5) is 13.2 Å². The highest BCUT2D eigenvalue weighted by Gasteiger charge is 2.33. The van der Waals surface area contributed by atoms with Gasteiger partial charge in [0.1, 0.15) is 0 Å². The summed E-state index contributed by atoms with van der Waals surface area (Å²) >= 11 is 2.82. The highest BCUT2D eigenvalue weighted by molar-refractivity contribution is 9.10. The van der Waals surface area contributed by atoms with E-state index in [0.29, 0.717) is 0 Å². The first-order valence-corrected chi connectivity index (χ1v) is 5.79. The van der Waals surface area contributed by atoms with Crippen LogP contribution >= 0.6 is 15.9 Å². The molecule has 0 saturated carbocycles. The number of carbonyl (C=O) groups excluding carboxylic acids is 1. The van der Waals surface area contributed by atoms with Crippen molar-refractivity contribution >= 4 is 21.8 Å². The molecule has 1 aromatic rings. The zero-order valence-corrected chi connectivity index (χ0v) is 11.2. The molecule has 1 amide bonds. The molecule has 6 heteroatoms. The predicted octanol–water partition coefficient (Wildman–Crippen LogP) is 3.73. The van der Waals surface area contributed by atoms with E-state index in [1.807, 2.05) is 0 Å². The average molecular weight is 322 g/mol. The largest absolute Gasteiger partial charge is 0.417 e. The van der Waals surface area contributed by atoms with Crippen LogP contribution in [0.3, 0.4) is 0 Å². The van der Waals surface area contributed by atoms with E-state index in [1.165, 1.54) is 30.2 Å². The first-order chi connectivity index (χ1) is 8.27. The van der Waals surface area contributed by atoms with Gasteiger partial charge in [-0.3, -0.25) is 4.79 Å². The number of amides is 1. The van der Waals surface area contributed by atoms with E-state index in [-0.39, 0.29) is 16.6 Å². The van der Waals surface area contributed by atoms with Crippen LogP contribution in [0.5, 0.6) is 0 Å². The Hall–Kier alpha value is -1.30. The number of carbonyl (C=O) groups is 1. The van der Waals surface area contributed by atoms with Crippen LogP contribution in [0.1, 0.15) is 15.9 Å². The summed E-state index contributed by atoms with van der Waals surface area (Å²) < 4.78 is 37.9. The van der Waals surface area contributed by atoms with Crippen molar-refractivity contribution in [2.75, 3.05) is 13.6 Å². The second kappa shape index (κ2) is 5.56. The molecule has 0 N–H and O–H groups in total. The molecule has 0 aliphatic carbocycles. The zero-order chi connectivity index (χ0) is 13.9. The van der Waals surface area contributed by atoms with Gasteiger partial charge in [-0.25, -0.2) is 0 Å². The lowest BCUT2D eigenvalue weighted by atomic mass is 10.1. The lowest BCUT2D eigenvalue weighted by Gasteiger charge is -2.16. The lowest BCUT2D eigenvalue weighted by molar-refractivity contribution is -0.138. The number of nitrogens with zero attached hydrogens (tertiary/aromatic N) is 1. The minimum absolute atomic E-state index is 0.00475. The maximum atomic E-state index is 12.7. The van der Waals surface area contributed by atoms with Crippen LogP contribution in [0, 0.1) is 0 Å². The Morgan fingerprint density at radius 1 is 1.50 bits per heavy atom. The van der Waals surface area contributed by atoms with Crippen LogP contribution in [-0.4, -0.2) is 24.4 Å². The predicted molar refractivity (Wildman–Crippen MR) is 66.3 cm³/mol. The number of halogens is 4. The van der Waals surface area contributed by atoms with Gasteiger partial charge in [-0.05, 0) is 18.2 Å². The van der Waals surface area contributed by atoms with Crippen molar-refractivity contribution in [1.29, 1.82) is 0 Å². The maximum Gasteiger partial charge on any atom is 0.417 e. The molecule has 0 aliphatic heterocycles. The molecule has 0 bridgehead atoms. The van der Waals surface area contributed by atoms with E-state index in [2.05, 4.69) is 22.5 Å². The lowest BCUT2D eigenvalue weighted by Crippen LogP contribution is -2.27. The Labute approximate surface area is 111 Å². The Bertz CT molecular complexity index is 471. The van der Waals surface area contributed by atoms with E-state index in [9.17, 15) is 18.0 Å². The van der Waals surface area contributed by atoms with Crippen molar-refractivity contribution in [2.24, 2.45) is 0 Å². The van der Waals surface area contributed by atoms with Crippen molar-refractivity contribution in [3.05, 3.63) is 46.5 Å². The van der Waals surface area contributed by atoms with Crippen LogP contribution in [0.15, 0.2) is 35.3 Å². The highest BCUT2D eigenvalue weighted by Crippen LogP contribution is 2.35. The molecular weight excluding hydrogens is 311 g/mol. The van der Waals surface area contributed by atoms with Crippen molar-refractivity contribution in [1.82, 2.24) is 4.90 Å². The molecule has 2 nitrogen and oxygen atoms in total. The monoisotopic (exact) mass is 321 g/mol. The minimum Gasteiger partial charge on any atom is -0.338 e. The molecular formula is C12H11BrF3NO. The summed E-state index contributed by atoms with van der Waals surface area (Å²) in [6.07, 6.45) is -2.99. The Morgan fingerprint density at radius 2 is 2.11 bits per heavy atom. The van der Waals surface area contributed by atoms with E-state index in [4.69, 9.17) is 0 Å². The van der Waals surface area contributed by atoms with Crippen molar-refractivity contribution in [3.8, 4) is 0 Å². The number of likely N-dealkylation sites (N-methyl/N-ethyl adjacent to an activating group) is 1. The molecule has 98 valence electrons. The molecule has 0 saturated heterocycles. The molecule has 0 heterocycles. The number of hydrogen-bond acceptors (Lipinski definition) is 1. The molecule has 0 radical (unpaired) electrons. The van der Waals surface area contributed by atoms with E-state index >= 15 is 0 Å². The normalized spacial score (nSPS) is 11.2. The summed E-state index contributed by atoms with van der Waals surface area (Å²) in [4.78, 5) is 13.1. The first kappa shape index (κ1) is 14.8. The third-order valence-corrected chi connectivity index (χ3v) is 2.96. The van der Waals surface area contributed by atoms with E-state index in [0.717, 1.165) is 6.07 Å². The zero-order valence-electron chi connectivity index (χ0n) is 9.59. The average Bonchev–Trinajstić information content (AvgIpc) is 2.27. The smallest absolute Gasteiger partial charge is 0.338 e. The second-order valence-corrected chi connectivity index (χ2v) is 4.52. The van der Waals surface area contributed by atoms with E-state index in [1.54, 1.807) is 0 Å². The second-order valence-electron chi connectivity index (χ2n) is 3.67. The van der Waals surface area contributed by atoms with Crippen molar-refractivity contribution in [3.63, 3.8) is 0 Å². The Kier molecular flexibility index (Phi) is 4.56. The molecule has 1 aromatic carbocycles. The minimum atomic E-state index is -4.49. The molecule has 0 atom stereocenters. The highest BCUT2D eigenvalue weighted by atomic mass is 79.9. The van der Waals surface area contributed by atoms with Gasteiger partial charge < -0.3 is 4.90 Å². The quantitative estimate of drug-likeness (QED) is 0.777. The fourth-order valence-electron chi connectivity index (χ4n) is 1.37. The summed E-state index contributed by atoms with van der Waals surface area (Å²) in [5.41, 5.74) is -0.866.